The Morgan fingerprint density at radius 2 is 0.597 bits per heavy atom. The van der Waals surface area contributed by atoms with Gasteiger partial charge >= 0.3 is 21.2 Å². The van der Waals surface area contributed by atoms with Crippen LogP contribution in [0.1, 0.15) is 45.4 Å². The molecule has 0 bridgehead atoms. The van der Waals surface area contributed by atoms with Crippen molar-refractivity contribution in [2.24, 2.45) is 0 Å². The zero-order valence-electron chi connectivity index (χ0n) is 33.6. The van der Waals surface area contributed by atoms with Crippen LogP contribution in [0.3, 0.4) is 0 Å². The van der Waals surface area contributed by atoms with Gasteiger partial charge in [-0.1, -0.05) is 57.2 Å². The topological polar surface area (TPSA) is 9.23 Å². The summed E-state index contributed by atoms with van der Waals surface area (Å²) in [6, 6.07) is 19.4. The Morgan fingerprint density at radius 3 is 0.910 bits per heavy atom. The number of ether oxygens (including phenoxy) is 1. The number of rotatable bonds is 14. The van der Waals surface area contributed by atoms with Gasteiger partial charge in [0.15, 0.2) is 76.9 Å². The van der Waals surface area contributed by atoms with Gasteiger partial charge in [-0.2, -0.15) is 0 Å². The Morgan fingerprint density at radius 1 is 0.328 bits per heavy atom. The van der Waals surface area contributed by atoms with Crippen LogP contribution in [0.2, 0.25) is 0 Å². The minimum Gasteiger partial charge on any atom is -0.494 e. The van der Waals surface area contributed by atoms with E-state index in [0.29, 0.717) is 0 Å². The molecule has 0 aliphatic carbocycles. The third-order valence-electron chi connectivity index (χ3n) is 10.2. The molecule has 0 saturated carbocycles. The Bertz CT molecular complexity index is 2410. The van der Waals surface area contributed by atoms with Gasteiger partial charge in [0.1, 0.15) is 58.4 Å². The van der Waals surface area contributed by atoms with Gasteiger partial charge in [-0.3, -0.25) is 0 Å². The molecular weight excluding hydrogens is 1060 g/mol. The minimum atomic E-state index is -7.22. The molecule has 1 nitrogen and oxygen atoms in total. The Labute approximate surface area is 376 Å². The summed E-state index contributed by atoms with van der Waals surface area (Å²) in [5.41, 5.74) is -14.3. The molecule has 0 atom stereocenters. The summed E-state index contributed by atoms with van der Waals surface area (Å²) in [5, 5.41) is 0. The van der Waals surface area contributed by atoms with Gasteiger partial charge in [-0.15, -0.1) is 21.9 Å². The summed E-state index contributed by atoms with van der Waals surface area (Å²) in [6.07, 6.45) is 0.637. The smallest absolute Gasteiger partial charge is 0.357 e. The first-order valence-corrected chi connectivity index (χ1v) is 21.4. The van der Waals surface area contributed by atoms with E-state index in [1.807, 2.05) is 0 Å². The summed E-state index contributed by atoms with van der Waals surface area (Å²) >= 11 is -0.0655. The number of hydrogen-bond acceptors (Lipinski definition) is 1. The van der Waals surface area contributed by atoms with Crippen LogP contribution in [0.15, 0.2) is 54.6 Å². The average molecular weight is 1090 g/mol. The van der Waals surface area contributed by atoms with Crippen molar-refractivity contribution < 1.29 is 114 Å². The first-order chi connectivity index (χ1) is 31.6. The van der Waals surface area contributed by atoms with Crippen molar-refractivity contribution >= 4 is 28.0 Å². The maximum atomic E-state index is 15.4. The molecule has 0 radical (unpaired) electrons. The van der Waals surface area contributed by atoms with Gasteiger partial charge in [0.2, 0.25) is 0 Å². The second kappa shape index (κ2) is 21.6. The maximum absolute atomic E-state index is 15.4. The highest BCUT2D eigenvalue weighted by Crippen LogP contribution is 2.31. The molecule has 0 spiro atoms. The molecule has 0 N–H and O–H groups in total. The van der Waals surface area contributed by atoms with Crippen LogP contribution in [0.5, 0.6) is 5.75 Å². The molecule has 0 aromatic heterocycles. The van der Waals surface area contributed by atoms with E-state index >= 15 is 35.1 Å². The van der Waals surface area contributed by atoms with Crippen molar-refractivity contribution in [3.05, 3.63) is 178 Å². The van der Waals surface area contributed by atoms with E-state index in [2.05, 4.69) is 61.5 Å². The maximum Gasteiger partial charge on any atom is 0.357 e. The first-order valence-electron chi connectivity index (χ1n) is 19.2. The molecule has 0 amide bonds. The van der Waals surface area contributed by atoms with Crippen LogP contribution in [0.25, 0.3) is 0 Å². The van der Waals surface area contributed by atoms with Crippen LogP contribution in [0, 0.1) is 123 Å². The van der Waals surface area contributed by atoms with Crippen molar-refractivity contribution in [1.82, 2.24) is 0 Å². The molecule has 67 heavy (non-hydrogen) atoms. The van der Waals surface area contributed by atoms with Gasteiger partial charge in [-0.25, -0.2) is 87.8 Å². The highest BCUT2D eigenvalue weighted by molar-refractivity contribution is 7.20. The van der Waals surface area contributed by atoms with E-state index in [4.69, 9.17) is 4.74 Å². The second-order valence-corrected chi connectivity index (χ2v) is 17.3. The summed E-state index contributed by atoms with van der Waals surface area (Å²) in [7, 11) is 0. The van der Waals surface area contributed by atoms with Gasteiger partial charge in [0.05, 0.1) is 6.61 Å². The standard InChI is InChI=1S/C24BF20.C20H26IO/c26-5-1(6(27)14(35)21(42)13(5)34)25(2-7(28)15(36)22(43)16(37)8(2)29,3-9(30)17(38)23(44)18(39)10(3)31)4-11(32)19(40)24(45)20(41)12(4)33;1-2-3-4-5-6-10-17-22-20-15-13-19(14-16-20)21-18-11-8-7-9-12-18/h;7-9,11-16H,2-6,10,17H2,1H3/q-1;+1. The van der Waals surface area contributed by atoms with E-state index in [1.54, 1.807) is 0 Å². The minimum absolute atomic E-state index is 0.0655. The summed E-state index contributed by atoms with van der Waals surface area (Å²) in [4.78, 5) is 0. The van der Waals surface area contributed by atoms with Gasteiger partial charge in [0.25, 0.3) is 0 Å². The normalized spacial score (nSPS) is 11.5. The molecule has 0 heterocycles. The predicted octanol–water partition coefficient (Wildman–Crippen LogP) is 8.40. The van der Waals surface area contributed by atoms with Crippen LogP contribution >= 0.6 is 0 Å². The third-order valence-corrected chi connectivity index (χ3v) is 12.9. The zero-order valence-corrected chi connectivity index (χ0v) is 35.7. The fourth-order valence-corrected chi connectivity index (χ4v) is 9.36. The van der Waals surface area contributed by atoms with Gasteiger partial charge in [0, 0.05) is 0 Å². The predicted molar refractivity (Wildman–Crippen MR) is 198 cm³/mol. The van der Waals surface area contributed by atoms with Crippen molar-refractivity contribution in [3.8, 4) is 5.75 Å². The van der Waals surface area contributed by atoms with E-state index < -0.39 is 144 Å². The lowest BCUT2D eigenvalue weighted by molar-refractivity contribution is -0.597. The fraction of sp³-hybridized carbons (Fsp3) is 0.182. The molecule has 358 valence electrons. The van der Waals surface area contributed by atoms with Crippen LogP contribution in [-0.4, -0.2) is 12.8 Å². The van der Waals surface area contributed by atoms with E-state index in [9.17, 15) is 52.7 Å². The lowest BCUT2D eigenvalue weighted by atomic mass is 9.12. The fourth-order valence-electron chi connectivity index (χ4n) is 7.14. The SMILES string of the molecule is CCCCCCCCOc1ccc([I+]c2ccccc2)cc1.Fc1c(F)c(F)c([B-](c2c(F)c(F)c(F)c(F)c2F)(c2c(F)c(F)c(F)c(F)c2F)c2c(F)c(F)c(F)c(F)c2F)c(F)c1F. The Hall–Kier alpha value is -5.49. The summed E-state index contributed by atoms with van der Waals surface area (Å²) < 4.78 is 303. The molecule has 6 aromatic carbocycles. The summed E-state index contributed by atoms with van der Waals surface area (Å²) in [6.45, 7) is 3.10. The number of halogens is 21. The Kier molecular flexibility index (Phi) is 17.0. The van der Waals surface area contributed by atoms with Crippen LogP contribution < -0.4 is 47.8 Å². The lowest BCUT2D eigenvalue weighted by Crippen LogP contribution is -3.61. The molecular formula is C44H26BF20IO. The van der Waals surface area contributed by atoms with E-state index in [1.165, 1.54) is 45.7 Å². The number of benzene rings is 6. The molecule has 0 unspecified atom stereocenters. The molecule has 0 saturated heterocycles. The number of unbranched alkanes of at least 4 members (excludes halogenated alkanes) is 5. The van der Waals surface area contributed by atoms with Crippen molar-refractivity contribution in [1.29, 1.82) is 0 Å². The molecule has 0 aliphatic heterocycles. The largest absolute Gasteiger partial charge is 0.494 e. The second-order valence-electron chi connectivity index (χ2n) is 14.3. The van der Waals surface area contributed by atoms with Gasteiger partial charge < -0.3 is 4.74 Å². The lowest BCUT2D eigenvalue weighted by Gasteiger charge is -2.44. The Balaban J connectivity index is 0.000000319. The summed E-state index contributed by atoms with van der Waals surface area (Å²) in [5.74, 6) is -70.4. The van der Waals surface area contributed by atoms with Crippen molar-refractivity contribution in [3.63, 3.8) is 0 Å². The van der Waals surface area contributed by atoms with Crippen molar-refractivity contribution in [2.75, 3.05) is 6.61 Å². The number of hydrogen-bond donors (Lipinski definition) is 0. The zero-order chi connectivity index (χ0) is 49.8. The molecule has 6 aromatic rings. The third kappa shape index (κ3) is 9.79. The van der Waals surface area contributed by atoms with Crippen LogP contribution in [0.4, 0.5) is 87.8 Å². The van der Waals surface area contributed by atoms with Crippen LogP contribution in [-0.2, 0) is 0 Å². The monoisotopic (exact) mass is 1090 g/mol. The van der Waals surface area contributed by atoms with E-state index in [-0.39, 0.29) is 21.2 Å². The highest BCUT2D eigenvalue weighted by Gasteiger charge is 2.52. The molecule has 0 aliphatic rings. The average Bonchev–Trinajstić information content (AvgIpc) is 3.32. The van der Waals surface area contributed by atoms with Crippen molar-refractivity contribution in [2.45, 2.75) is 45.4 Å². The highest BCUT2D eigenvalue weighted by atomic mass is 127. The molecule has 0 fully saturated rings. The first kappa shape index (κ1) is 52.5. The molecule has 23 heteroatoms. The molecule has 6 rings (SSSR count). The van der Waals surface area contributed by atoms with E-state index in [0.717, 1.165) is 12.4 Å². The quantitative estimate of drug-likeness (QED) is 0.0266. The van der Waals surface area contributed by atoms with Gasteiger partial charge in [-0.05, 0) is 42.8 Å².